The predicted octanol–water partition coefficient (Wildman–Crippen LogP) is 4.65. The molecule has 1 amide bonds. The van der Waals surface area contributed by atoms with Crippen molar-refractivity contribution >= 4 is 24.1 Å². The Morgan fingerprint density at radius 3 is 1.86 bits per heavy atom. The Labute approximate surface area is 213 Å². The number of hydrogen-bond acceptors (Lipinski definition) is 7. The third-order valence-electron chi connectivity index (χ3n) is 4.92. The van der Waals surface area contributed by atoms with Gasteiger partial charge in [-0.3, -0.25) is 4.79 Å². The van der Waals surface area contributed by atoms with E-state index < -0.39 is 17.8 Å². The number of amides is 1. The van der Waals surface area contributed by atoms with Crippen LogP contribution in [0.25, 0.3) is 0 Å². The molecular weight excluding hydrogens is 472 g/mol. The van der Waals surface area contributed by atoms with E-state index in [2.05, 4.69) is 10.5 Å². The van der Waals surface area contributed by atoms with Gasteiger partial charge in [0.1, 0.15) is 17.2 Å². The average molecular weight is 495 g/mol. The number of ether oxygens (including phenoxy) is 3. The molecule has 0 bridgehead atoms. The molecule has 4 rings (SSSR count). The molecule has 0 unspecified atom stereocenters. The van der Waals surface area contributed by atoms with Gasteiger partial charge in [-0.2, -0.15) is 5.10 Å². The van der Waals surface area contributed by atoms with Gasteiger partial charge in [0.2, 0.25) is 0 Å². The van der Waals surface area contributed by atoms with Crippen LogP contribution in [0.1, 0.15) is 26.3 Å². The van der Waals surface area contributed by atoms with Crippen LogP contribution < -0.4 is 19.6 Å². The van der Waals surface area contributed by atoms with E-state index in [0.29, 0.717) is 22.4 Å². The normalized spacial score (nSPS) is 10.5. The zero-order valence-corrected chi connectivity index (χ0v) is 19.6. The highest BCUT2D eigenvalue weighted by atomic mass is 16.5. The van der Waals surface area contributed by atoms with Crippen molar-refractivity contribution in [3.8, 4) is 17.2 Å². The molecule has 0 spiro atoms. The molecule has 0 aliphatic carbocycles. The quantitative estimate of drug-likeness (QED) is 0.157. The van der Waals surface area contributed by atoms with Crippen LogP contribution in [0.2, 0.25) is 0 Å². The first-order valence-corrected chi connectivity index (χ1v) is 11.3. The van der Waals surface area contributed by atoms with Crippen LogP contribution in [0.3, 0.4) is 0 Å². The summed E-state index contributed by atoms with van der Waals surface area (Å²) >= 11 is 0. The highest BCUT2D eigenvalue weighted by Gasteiger charge is 2.15. The van der Waals surface area contributed by atoms with Crippen molar-refractivity contribution in [2.24, 2.45) is 5.10 Å². The second-order valence-electron chi connectivity index (χ2n) is 7.61. The standard InChI is InChI=1S/C29H22N2O6/c32-27(20-35-24-14-8-3-9-15-24)31-30-19-23-16-17-25(36-28(33)21-10-4-1-5-11-21)18-26(23)37-29(34)22-12-6-2-7-13-22/h1-19H,20H2,(H,31,32)/b30-19+. The molecule has 0 saturated carbocycles. The van der Waals surface area contributed by atoms with Crippen molar-refractivity contribution in [2.45, 2.75) is 0 Å². The van der Waals surface area contributed by atoms with Gasteiger partial charge in [0.05, 0.1) is 17.3 Å². The van der Waals surface area contributed by atoms with Crippen LogP contribution in [0.15, 0.2) is 114 Å². The zero-order chi connectivity index (χ0) is 25.9. The number of nitrogens with zero attached hydrogens (tertiary/aromatic N) is 1. The van der Waals surface area contributed by atoms with Gasteiger partial charge < -0.3 is 14.2 Å². The Kier molecular flexibility index (Phi) is 8.38. The first-order valence-electron chi connectivity index (χ1n) is 11.3. The SMILES string of the molecule is O=C(COc1ccccc1)N/N=C/c1ccc(OC(=O)c2ccccc2)cc1OC(=O)c1ccccc1. The third kappa shape index (κ3) is 7.37. The maximum Gasteiger partial charge on any atom is 0.343 e. The summed E-state index contributed by atoms with van der Waals surface area (Å²) in [7, 11) is 0. The van der Waals surface area contributed by atoms with E-state index in [1.54, 1.807) is 91.0 Å². The van der Waals surface area contributed by atoms with E-state index in [1.165, 1.54) is 18.3 Å². The molecule has 0 fully saturated rings. The van der Waals surface area contributed by atoms with Gasteiger partial charge in [-0.15, -0.1) is 0 Å². The minimum Gasteiger partial charge on any atom is -0.484 e. The lowest BCUT2D eigenvalue weighted by atomic mass is 10.2. The Hall–Kier alpha value is -5.24. The number of hydrazone groups is 1. The molecule has 0 heterocycles. The maximum absolute atomic E-state index is 12.7. The van der Waals surface area contributed by atoms with E-state index in [0.717, 1.165) is 0 Å². The lowest BCUT2D eigenvalue weighted by Gasteiger charge is -2.10. The van der Waals surface area contributed by atoms with Crippen LogP contribution in [0, 0.1) is 0 Å². The summed E-state index contributed by atoms with van der Waals surface area (Å²) in [6.07, 6.45) is 1.32. The second-order valence-corrected chi connectivity index (χ2v) is 7.61. The Morgan fingerprint density at radius 2 is 1.24 bits per heavy atom. The number of para-hydroxylation sites is 1. The van der Waals surface area contributed by atoms with Crippen LogP contribution in [0.4, 0.5) is 0 Å². The van der Waals surface area contributed by atoms with Crippen molar-refractivity contribution in [1.82, 2.24) is 5.43 Å². The molecule has 4 aromatic rings. The second kappa shape index (κ2) is 12.5. The molecule has 0 aliphatic heterocycles. The van der Waals surface area contributed by atoms with Gasteiger partial charge in [0.15, 0.2) is 6.61 Å². The number of nitrogens with one attached hydrogen (secondary N) is 1. The number of rotatable bonds is 9. The molecule has 37 heavy (non-hydrogen) atoms. The van der Waals surface area contributed by atoms with Gasteiger partial charge in [-0.25, -0.2) is 15.0 Å². The Morgan fingerprint density at radius 1 is 0.676 bits per heavy atom. The average Bonchev–Trinajstić information content (AvgIpc) is 2.94. The first kappa shape index (κ1) is 24.9. The first-order chi connectivity index (χ1) is 18.1. The fourth-order valence-corrected chi connectivity index (χ4v) is 3.12. The number of carbonyl (C=O) groups excluding carboxylic acids is 3. The van der Waals surface area contributed by atoms with Gasteiger partial charge in [0.25, 0.3) is 5.91 Å². The zero-order valence-electron chi connectivity index (χ0n) is 19.6. The van der Waals surface area contributed by atoms with Gasteiger partial charge in [-0.05, 0) is 48.5 Å². The number of benzene rings is 4. The molecule has 4 aromatic carbocycles. The van der Waals surface area contributed by atoms with E-state index in [-0.39, 0.29) is 18.1 Å². The van der Waals surface area contributed by atoms with Crippen LogP contribution in [-0.2, 0) is 4.79 Å². The molecular formula is C29H22N2O6. The maximum atomic E-state index is 12.7. The highest BCUT2D eigenvalue weighted by Crippen LogP contribution is 2.26. The topological polar surface area (TPSA) is 103 Å². The summed E-state index contributed by atoms with van der Waals surface area (Å²) in [6, 6.07) is 30.3. The summed E-state index contributed by atoms with van der Waals surface area (Å²) in [4.78, 5) is 37.2. The molecule has 8 nitrogen and oxygen atoms in total. The van der Waals surface area contributed by atoms with Gasteiger partial charge in [0, 0.05) is 11.6 Å². The number of hydrogen-bond donors (Lipinski definition) is 1. The van der Waals surface area contributed by atoms with E-state index in [9.17, 15) is 14.4 Å². The lowest BCUT2D eigenvalue weighted by Crippen LogP contribution is -2.24. The Bertz CT molecular complexity index is 1390. The summed E-state index contributed by atoms with van der Waals surface area (Å²) in [6.45, 7) is -0.231. The number of carbonyl (C=O) groups is 3. The minimum atomic E-state index is -0.609. The van der Waals surface area contributed by atoms with Crippen molar-refractivity contribution in [3.05, 3.63) is 126 Å². The molecule has 0 aliphatic rings. The van der Waals surface area contributed by atoms with E-state index in [4.69, 9.17) is 14.2 Å². The Balaban J connectivity index is 1.47. The monoisotopic (exact) mass is 494 g/mol. The predicted molar refractivity (Wildman–Crippen MR) is 137 cm³/mol. The summed E-state index contributed by atoms with van der Waals surface area (Å²) in [5.74, 6) is -0.836. The van der Waals surface area contributed by atoms with Crippen LogP contribution >= 0.6 is 0 Å². The largest absolute Gasteiger partial charge is 0.484 e. The third-order valence-corrected chi connectivity index (χ3v) is 4.92. The van der Waals surface area contributed by atoms with E-state index >= 15 is 0 Å². The van der Waals surface area contributed by atoms with Crippen molar-refractivity contribution in [3.63, 3.8) is 0 Å². The molecule has 0 saturated heterocycles. The lowest BCUT2D eigenvalue weighted by molar-refractivity contribution is -0.123. The van der Waals surface area contributed by atoms with Crippen LogP contribution in [0.5, 0.6) is 17.2 Å². The molecule has 1 N–H and O–H groups in total. The minimum absolute atomic E-state index is 0.0887. The van der Waals surface area contributed by atoms with Crippen molar-refractivity contribution in [1.29, 1.82) is 0 Å². The summed E-state index contributed by atoms with van der Waals surface area (Å²) < 4.78 is 16.4. The van der Waals surface area contributed by atoms with Gasteiger partial charge in [-0.1, -0.05) is 54.6 Å². The summed E-state index contributed by atoms with van der Waals surface area (Å²) in [5, 5.41) is 3.93. The fourth-order valence-electron chi connectivity index (χ4n) is 3.12. The molecule has 0 atom stereocenters. The number of esters is 2. The molecule has 184 valence electrons. The smallest absolute Gasteiger partial charge is 0.343 e. The molecule has 8 heteroatoms. The molecule has 0 aromatic heterocycles. The summed E-state index contributed by atoms with van der Waals surface area (Å²) in [5.41, 5.74) is 3.44. The van der Waals surface area contributed by atoms with Gasteiger partial charge >= 0.3 is 11.9 Å². The fraction of sp³-hybridized carbons (Fsp3) is 0.0345. The van der Waals surface area contributed by atoms with E-state index in [1.807, 2.05) is 6.07 Å². The molecule has 0 radical (unpaired) electrons. The van der Waals surface area contributed by atoms with Crippen molar-refractivity contribution < 1.29 is 28.6 Å². The van der Waals surface area contributed by atoms with Crippen LogP contribution in [-0.4, -0.2) is 30.7 Å². The highest BCUT2D eigenvalue weighted by molar-refractivity contribution is 5.94. The van der Waals surface area contributed by atoms with Crippen molar-refractivity contribution in [2.75, 3.05) is 6.61 Å².